The van der Waals surface area contributed by atoms with E-state index in [9.17, 15) is 9.90 Å². The molecule has 0 atom stereocenters. The van der Waals surface area contributed by atoms with Gasteiger partial charge in [0.1, 0.15) is 5.75 Å². The molecule has 1 heterocycles. The summed E-state index contributed by atoms with van der Waals surface area (Å²) in [6.07, 6.45) is 2.70. The van der Waals surface area contributed by atoms with Crippen molar-refractivity contribution < 1.29 is 9.90 Å². The topological polar surface area (TPSA) is 79.5 Å². The first-order valence-electron chi connectivity index (χ1n) is 5.36. The van der Waals surface area contributed by atoms with Crippen molar-refractivity contribution in [1.82, 2.24) is 4.98 Å². The summed E-state index contributed by atoms with van der Waals surface area (Å²) in [6.45, 7) is 0. The summed E-state index contributed by atoms with van der Waals surface area (Å²) in [5, 5.41) is 9.59. The van der Waals surface area contributed by atoms with Crippen LogP contribution in [-0.2, 0) is 0 Å². The summed E-state index contributed by atoms with van der Waals surface area (Å²) < 4.78 is 0. The fourth-order valence-electron chi connectivity index (χ4n) is 1.56. The van der Waals surface area contributed by atoms with Gasteiger partial charge in [-0.3, -0.25) is 9.78 Å². The van der Waals surface area contributed by atoms with Crippen molar-refractivity contribution in [2.45, 2.75) is 0 Å². The molecule has 1 aromatic heterocycles. The van der Waals surface area contributed by atoms with Crippen LogP contribution in [0, 0.1) is 0 Å². The number of amides is 1. The molecule has 0 unspecified atom stereocenters. The van der Waals surface area contributed by atoms with E-state index in [0.29, 0.717) is 11.4 Å². The van der Waals surface area contributed by atoms with Gasteiger partial charge in [0.25, 0.3) is 5.91 Å². The predicted molar refractivity (Wildman–Crippen MR) is 69.5 cm³/mol. The summed E-state index contributed by atoms with van der Waals surface area (Å²) in [6, 6.07) is 8.39. The highest BCUT2D eigenvalue weighted by Crippen LogP contribution is 2.21. The van der Waals surface area contributed by atoms with Gasteiger partial charge < -0.3 is 15.7 Å². The number of nitrogen functional groups attached to an aromatic ring is 1. The molecule has 18 heavy (non-hydrogen) atoms. The van der Waals surface area contributed by atoms with E-state index in [0.717, 1.165) is 0 Å². The van der Waals surface area contributed by atoms with Crippen LogP contribution in [0.25, 0.3) is 0 Å². The van der Waals surface area contributed by atoms with Crippen LogP contribution in [0.5, 0.6) is 5.75 Å². The lowest BCUT2D eigenvalue weighted by atomic mass is 10.2. The second kappa shape index (κ2) is 4.75. The molecule has 1 amide bonds. The number of hydrogen-bond acceptors (Lipinski definition) is 4. The van der Waals surface area contributed by atoms with Gasteiger partial charge in [-0.2, -0.15) is 0 Å². The molecule has 5 heteroatoms. The Bertz CT molecular complexity index is 567. The number of rotatable bonds is 2. The van der Waals surface area contributed by atoms with Crippen molar-refractivity contribution in [2.75, 3.05) is 17.7 Å². The number of hydrogen-bond donors (Lipinski definition) is 2. The largest absolute Gasteiger partial charge is 0.505 e. The highest BCUT2D eigenvalue weighted by molar-refractivity contribution is 6.07. The molecule has 0 aliphatic rings. The average molecular weight is 243 g/mol. The van der Waals surface area contributed by atoms with E-state index < -0.39 is 0 Å². The fourth-order valence-corrected chi connectivity index (χ4v) is 1.56. The Kier molecular flexibility index (Phi) is 3.14. The maximum atomic E-state index is 12.2. The van der Waals surface area contributed by atoms with Gasteiger partial charge in [-0.05, 0) is 30.3 Å². The van der Waals surface area contributed by atoms with Crippen molar-refractivity contribution >= 4 is 17.3 Å². The molecule has 0 saturated carbocycles. The van der Waals surface area contributed by atoms with Crippen LogP contribution in [0.2, 0.25) is 0 Å². The van der Waals surface area contributed by atoms with Gasteiger partial charge in [0.2, 0.25) is 0 Å². The van der Waals surface area contributed by atoms with Crippen LogP contribution >= 0.6 is 0 Å². The quantitative estimate of drug-likeness (QED) is 0.786. The monoisotopic (exact) mass is 243 g/mol. The van der Waals surface area contributed by atoms with E-state index in [-0.39, 0.29) is 17.2 Å². The second-order valence-corrected chi connectivity index (χ2v) is 3.85. The summed E-state index contributed by atoms with van der Waals surface area (Å²) >= 11 is 0. The number of aromatic hydroxyl groups is 1. The smallest absolute Gasteiger partial charge is 0.261 e. The lowest BCUT2D eigenvalue weighted by Crippen LogP contribution is -2.26. The molecule has 0 fully saturated rings. The van der Waals surface area contributed by atoms with Gasteiger partial charge in [-0.25, -0.2) is 0 Å². The van der Waals surface area contributed by atoms with Gasteiger partial charge in [0.15, 0.2) is 0 Å². The van der Waals surface area contributed by atoms with Gasteiger partial charge in [-0.1, -0.05) is 0 Å². The van der Waals surface area contributed by atoms with E-state index in [1.54, 1.807) is 31.3 Å². The zero-order chi connectivity index (χ0) is 13.1. The number of benzene rings is 1. The van der Waals surface area contributed by atoms with E-state index in [1.165, 1.54) is 23.4 Å². The summed E-state index contributed by atoms with van der Waals surface area (Å²) in [7, 11) is 1.63. The zero-order valence-corrected chi connectivity index (χ0v) is 9.87. The number of aromatic nitrogens is 1. The van der Waals surface area contributed by atoms with Gasteiger partial charge in [-0.15, -0.1) is 0 Å². The number of anilines is 2. The molecule has 92 valence electrons. The van der Waals surface area contributed by atoms with Crippen LogP contribution in [0.1, 0.15) is 10.4 Å². The molecule has 2 aromatic rings. The van der Waals surface area contributed by atoms with Gasteiger partial charge in [0.05, 0.1) is 11.8 Å². The molecule has 0 bridgehead atoms. The van der Waals surface area contributed by atoms with E-state index in [2.05, 4.69) is 4.98 Å². The first-order chi connectivity index (χ1) is 8.59. The van der Waals surface area contributed by atoms with Crippen molar-refractivity contribution in [3.05, 3.63) is 48.3 Å². The third kappa shape index (κ3) is 2.24. The minimum absolute atomic E-state index is 0.134. The predicted octanol–water partition coefficient (Wildman–Crippen LogP) is 1.65. The Morgan fingerprint density at radius 2 is 1.94 bits per heavy atom. The van der Waals surface area contributed by atoms with Crippen molar-refractivity contribution in [3.8, 4) is 5.75 Å². The zero-order valence-electron chi connectivity index (χ0n) is 9.87. The Hall–Kier alpha value is -2.56. The molecular formula is C13H13N3O2. The van der Waals surface area contributed by atoms with Crippen LogP contribution in [0.3, 0.4) is 0 Å². The van der Waals surface area contributed by atoms with Crippen molar-refractivity contribution in [1.29, 1.82) is 0 Å². The molecule has 0 saturated heterocycles. The summed E-state index contributed by atoms with van der Waals surface area (Å²) in [5.74, 6) is -0.440. The number of pyridine rings is 1. The first-order valence-corrected chi connectivity index (χ1v) is 5.36. The Morgan fingerprint density at radius 1 is 1.28 bits per heavy atom. The Morgan fingerprint density at radius 3 is 2.56 bits per heavy atom. The van der Waals surface area contributed by atoms with Gasteiger partial charge in [0, 0.05) is 24.6 Å². The van der Waals surface area contributed by atoms with Crippen molar-refractivity contribution in [3.63, 3.8) is 0 Å². The molecule has 0 spiro atoms. The Balaban J connectivity index is 2.29. The SMILES string of the molecule is CN(C(=O)c1ccncc1O)c1ccc(N)cc1. The minimum Gasteiger partial charge on any atom is -0.505 e. The third-order valence-electron chi connectivity index (χ3n) is 2.62. The maximum Gasteiger partial charge on any atom is 0.261 e. The highest BCUT2D eigenvalue weighted by Gasteiger charge is 2.16. The minimum atomic E-state index is -0.306. The molecule has 0 aliphatic heterocycles. The molecule has 1 aromatic carbocycles. The lowest BCUT2D eigenvalue weighted by Gasteiger charge is -2.17. The second-order valence-electron chi connectivity index (χ2n) is 3.85. The standard InChI is InChI=1S/C13H13N3O2/c1-16(10-4-2-9(14)3-5-10)13(18)11-6-7-15-8-12(11)17/h2-8,17H,14H2,1H3. The van der Waals surface area contributed by atoms with Crippen molar-refractivity contribution in [2.24, 2.45) is 0 Å². The molecule has 0 aliphatic carbocycles. The first kappa shape index (κ1) is 11.9. The number of carbonyl (C=O) groups is 1. The molecule has 2 rings (SSSR count). The summed E-state index contributed by atoms with van der Waals surface area (Å²) in [5.41, 5.74) is 7.13. The molecular weight excluding hydrogens is 230 g/mol. The number of nitrogens with zero attached hydrogens (tertiary/aromatic N) is 2. The van der Waals surface area contributed by atoms with E-state index >= 15 is 0 Å². The highest BCUT2D eigenvalue weighted by atomic mass is 16.3. The van der Waals surface area contributed by atoms with Gasteiger partial charge >= 0.3 is 0 Å². The molecule has 0 radical (unpaired) electrons. The molecule has 3 N–H and O–H groups in total. The average Bonchev–Trinajstić information content (AvgIpc) is 2.38. The van der Waals surface area contributed by atoms with Crippen LogP contribution in [0.4, 0.5) is 11.4 Å². The van der Waals surface area contributed by atoms with E-state index in [4.69, 9.17) is 5.73 Å². The van der Waals surface area contributed by atoms with Crippen LogP contribution < -0.4 is 10.6 Å². The van der Waals surface area contributed by atoms with Crippen LogP contribution in [0.15, 0.2) is 42.7 Å². The fraction of sp³-hybridized carbons (Fsp3) is 0.0769. The van der Waals surface area contributed by atoms with Crippen LogP contribution in [-0.4, -0.2) is 23.0 Å². The normalized spacial score (nSPS) is 10.1. The number of nitrogens with two attached hydrogens (primary N) is 1. The maximum absolute atomic E-state index is 12.2. The van der Waals surface area contributed by atoms with E-state index in [1.807, 2.05) is 0 Å². The third-order valence-corrected chi connectivity index (χ3v) is 2.62. The number of carbonyl (C=O) groups excluding carboxylic acids is 1. The lowest BCUT2D eigenvalue weighted by molar-refractivity contribution is 0.0990. The molecule has 5 nitrogen and oxygen atoms in total. The Labute approximate surface area is 104 Å². The summed E-state index contributed by atoms with van der Waals surface area (Å²) in [4.78, 5) is 17.3.